The summed E-state index contributed by atoms with van der Waals surface area (Å²) in [5, 5.41) is 19.6. The zero-order valence-corrected chi connectivity index (χ0v) is 16.4. The molecule has 3 rings (SSSR count). The van der Waals surface area contributed by atoms with E-state index in [0.29, 0.717) is 47.5 Å². The quantitative estimate of drug-likeness (QED) is 0.812. The molecule has 0 atom stereocenters. The van der Waals surface area contributed by atoms with Gasteiger partial charge in [0, 0.05) is 17.8 Å². The molecule has 6 nitrogen and oxygen atoms in total. The summed E-state index contributed by atoms with van der Waals surface area (Å²) in [6.45, 7) is 1.77. The van der Waals surface area contributed by atoms with Crippen molar-refractivity contribution in [1.82, 2.24) is 9.71 Å². The molecule has 2 N–H and O–H groups in total. The number of hydrogen-bond acceptors (Lipinski definition) is 5. The zero-order chi connectivity index (χ0) is 19.7. The van der Waals surface area contributed by atoms with Gasteiger partial charge in [0.1, 0.15) is 6.07 Å². The van der Waals surface area contributed by atoms with Gasteiger partial charge in [-0.25, -0.2) is 13.1 Å². The van der Waals surface area contributed by atoms with Crippen molar-refractivity contribution in [2.24, 2.45) is 0 Å². The van der Waals surface area contributed by atoms with E-state index in [2.05, 4.69) is 9.71 Å². The first kappa shape index (κ1) is 19.8. The van der Waals surface area contributed by atoms with Crippen LogP contribution in [0.25, 0.3) is 11.3 Å². The summed E-state index contributed by atoms with van der Waals surface area (Å²) >= 11 is 5.86. The average Bonchev–Trinajstić information content (AvgIpc) is 2.63. The van der Waals surface area contributed by atoms with Crippen molar-refractivity contribution in [3.8, 4) is 17.3 Å². The van der Waals surface area contributed by atoms with Crippen LogP contribution in [0.2, 0.25) is 5.02 Å². The second kappa shape index (κ2) is 7.56. The van der Waals surface area contributed by atoms with E-state index in [9.17, 15) is 18.8 Å². The van der Waals surface area contributed by atoms with Gasteiger partial charge >= 0.3 is 0 Å². The standard InChI is InChI=1S/C19H20ClN3O3S/c1-19(24)8-6-16(7-9-19)23-27(25,26)17-4-2-13(3-5-17)18-14(11-21)10-15(20)12-22-18/h2-5,10,12,16,23-24H,6-9H2,1H3/t16-,19-. The molecule has 1 aromatic heterocycles. The van der Waals surface area contributed by atoms with Gasteiger partial charge in [-0.05, 0) is 50.8 Å². The topological polar surface area (TPSA) is 103 Å². The first-order valence-electron chi connectivity index (χ1n) is 8.61. The fraction of sp³-hybridized carbons (Fsp3) is 0.368. The molecular weight excluding hydrogens is 386 g/mol. The van der Waals surface area contributed by atoms with Crippen LogP contribution in [-0.4, -0.2) is 30.2 Å². The number of nitrogens with zero attached hydrogens (tertiary/aromatic N) is 2. The number of nitriles is 1. The molecule has 1 aromatic carbocycles. The highest BCUT2D eigenvalue weighted by Gasteiger charge is 2.31. The monoisotopic (exact) mass is 405 g/mol. The fourth-order valence-electron chi connectivity index (χ4n) is 3.19. The minimum absolute atomic E-state index is 0.149. The molecule has 1 saturated carbocycles. The third kappa shape index (κ3) is 4.66. The molecule has 142 valence electrons. The van der Waals surface area contributed by atoms with Crippen LogP contribution in [0, 0.1) is 11.3 Å². The molecule has 0 saturated heterocycles. The highest BCUT2D eigenvalue weighted by Crippen LogP contribution is 2.29. The number of sulfonamides is 1. The Morgan fingerprint density at radius 1 is 1.30 bits per heavy atom. The fourth-order valence-corrected chi connectivity index (χ4v) is 4.65. The van der Waals surface area contributed by atoms with Gasteiger partial charge < -0.3 is 5.11 Å². The van der Waals surface area contributed by atoms with Crippen LogP contribution >= 0.6 is 11.6 Å². The molecule has 1 aliphatic rings. The molecule has 27 heavy (non-hydrogen) atoms. The number of nitrogens with one attached hydrogen (secondary N) is 1. The Balaban J connectivity index is 1.78. The Kier molecular flexibility index (Phi) is 5.54. The normalized spacial score (nSPS) is 23.0. The van der Waals surface area contributed by atoms with E-state index < -0.39 is 15.6 Å². The number of rotatable bonds is 4. The van der Waals surface area contributed by atoms with Crippen LogP contribution in [0.5, 0.6) is 0 Å². The Labute approximate surface area is 163 Å². The molecular formula is C19H20ClN3O3S. The van der Waals surface area contributed by atoms with Crippen LogP contribution < -0.4 is 4.72 Å². The van der Waals surface area contributed by atoms with Crippen molar-refractivity contribution >= 4 is 21.6 Å². The maximum absolute atomic E-state index is 12.6. The number of halogens is 1. The Bertz CT molecular complexity index is 972. The lowest BCUT2D eigenvalue weighted by Crippen LogP contribution is -2.42. The molecule has 1 fully saturated rings. The van der Waals surface area contributed by atoms with Crippen molar-refractivity contribution < 1.29 is 13.5 Å². The van der Waals surface area contributed by atoms with Gasteiger partial charge in [0.2, 0.25) is 10.0 Å². The van der Waals surface area contributed by atoms with Crippen LogP contribution in [0.3, 0.4) is 0 Å². The molecule has 1 aliphatic carbocycles. The third-order valence-electron chi connectivity index (χ3n) is 4.80. The zero-order valence-electron chi connectivity index (χ0n) is 14.8. The lowest BCUT2D eigenvalue weighted by atomic mass is 9.84. The molecule has 0 radical (unpaired) electrons. The lowest BCUT2D eigenvalue weighted by Gasteiger charge is -2.33. The summed E-state index contributed by atoms with van der Waals surface area (Å²) in [7, 11) is -3.66. The third-order valence-corrected chi connectivity index (χ3v) is 6.54. The van der Waals surface area contributed by atoms with Gasteiger partial charge in [-0.2, -0.15) is 5.26 Å². The molecule has 0 spiro atoms. The summed E-state index contributed by atoms with van der Waals surface area (Å²) in [5.74, 6) is 0. The number of benzene rings is 1. The van der Waals surface area contributed by atoms with Crippen molar-refractivity contribution in [1.29, 1.82) is 5.26 Å². The van der Waals surface area contributed by atoms with Crippen LogP contribution in [0.4, 0.5) is 0 Å². The van der Waals surface area contributed by atoms with Crippen LogP contribution in [0.15, 0.2) is 41.4 Å². The number of hydrogen-bond donors (Lipinski definition) is 2. The molecule has 8 heteroatoms. The number of aliphatic hydroxyl groups is 1. The molecule has 0 aliphatic heterocycles. The van der Waals surface area contributed by atoms with Gasteiger partial charge in [-0.3, -0.25) is 4.98 Å². The van der Waals surface area contributed by atoms with E-state index in [0.717, 1.165) is 0 Å². The van der Waals surface area contributed by atoms with E-state index in [-0.39, 0.29) is 10.9 Å². The van der Waals surface area contributed by atoms with Gasteiger partial charge in [-0.1, -0.05) is 23.7 Å². The minimum atomic E-state index is -3.66. The SMILES string of the molecule is C[C@]1(O)CC[C@H](NS(=O)(=O)c2ccc(-c3ncc(Cl)cc3C#N)cc2)CC1. The largest absolute Gasteiger partial charge is 0.390 e. The summed E-state index contributed by atoms with van der Waals surface area (Å²) in [6.07, 6.45) is 3.79. The van der Waals surface area contributed by atoms with Crippen LogP contribution in [0.1, 0.15) is 38.2 Å². The van der Waals surface area contributed by atoms with Gasteiger partial charge in [0.15, 0.2) is 0 Å². The molecule has 0 amide bonds. The van der Waals surface area contributed by atoms with Crippen molar-refractivity contribution in [2.45, 2.75) is 49.1 Å². The smallest absolute Gasteiger partial charge is 0.240 e. The first-order valence-corrected chi connectivity index (χ1v) is 10.5. The van der Waals surface area contributed by atoms with Crippen LogP contribution in [-0.2, 0) is 10.0 Å². The molecule has 0 unspecified atom stereocenters. The Morgan fingerprint density at radius 2 is 1.93 bits per heavy atom. The van der Waals surface area contributed by atoms with E-state index in [1.807, 2.05) is 6.07 Å². The van der Waals surface area contributed by atoms with Crippen molar-refractivity contribution in [3.05, 3.63) is 47.1 Å². The maximum atomic E-state index is 12.6. The van der Waals surface area contributed by atoms with Crippen molar-refractivity contribution in [3.63, 3.8) is 0 Å². The van der Waals surface area contributed by atoms with E-state index >= 15 is 0 Å². The number of pyridine rings is 1. The first-order chi connectivity index (χ1) is 12.7. The van der Waals surface area contributed by atoms with E-state index in [1.165, 1.54) is 24.4 Å². The second-order valence-electron chi connectivity index (χ2n) is 7.08. The summed E-state index contributed by atoms with van der Waals surface area (Å²) in [6, 6.07) is 9.62. The Morgan fingerprint density at radius 3 is 2.52 bits per heavy atom. The summed E-state index contributed by atoms with van der Waals surface area (Å²) in [5.41, 5.74) is 0.697. The highest BCUT2D eigenvalue weighted by atomic mass is 35.5. The van der Waals surface area contributed by atoms with Gasteiger partial charge in [0.05, 0.1) is 26.8 Å². The molecule has 0 bridgehead atoms. The van der Waals surface area contributed by atoms with Gasteiger partial charge in [0.25, 0.3) is 0 Å². The van der Waals surface area contributed by atoms with E-state index in [4.69, 9.17) is 11.6 Å². The predicted molar refractivity (Wildman–Crippen MR) is 103 cm³/mol. The number of aromatic nitrogens is 1. The molecule has 2 aromatic rings. The maximum Gasteiger partial charge on any atom is 0.240 e. The minimum Gasteiger partial charge on any atom is -0.390 e. The van der Waals surface area contributed by atoms with Crippen molar-refractivity contribution in [2.75, 3.05) is 0 Å². The predicted octanol–water partition coefficient (Wildman–Crippen LogP) is 3.25. The second-order valence-corrected chi connectivity index (χ2v) is 9.23. The summed E-state index contributed by atoms with van der Waals surface area (Å²) < 4.78 is 28.0. The Hall–Kier alpha value is -1.98. The molecule has 1 heterocycles. The summed E-state index contributed by atoms with van der Waals surface area (Å²) in [4.78, 5) is 4.32. The lowest BCUT2D eigenvalue weighted by molar-refractivity contribution is 0.0163. The highest BCUT2D eigenvalue weighted by molar-refractivity contribution is 7.89. The van der Waals surface area contributed by atoms with Gasteiger partial charge in [-0.15, -0.1) is 0 Å². The average molecular weight is 406 g/mol. The van der Waals surface area contributed by atoms with E-state index in [1.54, 1.807) is 19.1 Å².